The van der Waals surface area contributed by atoms with Crippen LogP contribution >= 0.6 is 0 Å². The van der Waals surface area contributed by atoms with E-state index in [4.69, 9.17) is 9.47 Å². The molecule has 1 saturated heterocycles. The molecule has 4 nitrogen and oxygen atoms in total. The maximum absolute atomic E-state index is 5.73. The molecule has 0 amide bonds. The van der Waals surface area contributed by atoms with Gasteiger partial charge in [0.2, 0.25) is 0 Å². The summed E-state index contributed by atoms with van der Waals surface area (Å²) >= 11 is 0. The molecule has 2 aliphatic rings. The van der Waals surface area contributed by atoms with Crippen molar-refractivity contribution in [3.8, 4) is 0 Å². The van der Waals surface area contributed by atoms with Crippen LogP contribution in [-0.2, 0) is 16.0 Å². The first-order valence-corrected chi connectivity index (χ1v) is 7.17. The summed E-state index contributed by atoms with van der Waals surface area (Å²) in [5, 5.41) is 0. The van der Waals surface area contributed by atoms with Gasteiger partial charge in [-0.15, -0.1) is 0 Å². The molecule has 104 valence electrons. The van der Waals surface area contributed by atoms with Gasteiger partial charge in [0.25, 0.3) is 0 Å². The van der Waals surface area contributed by atoms with Crippen molar-refractivity contribution < 1.29 is 9.47 Å². The third-order valence-corrected chi connectivity index (χ3v) is 4.00. The average molecular weight is 262 g/mol. The van der Waals surface area contributed by atoms with Gasteiger partial charge < -0.3 is 9.47 Å². The van der Waals surface area contributed by atoms with Crippen molar-refractivity contribution in [1.82, 2.24) is 10.9 Å². The number of hydrogen-bond donors (Lipinski definition) is 2. The molecule has 1 aromatic rings. The first kappa shape index (κ1) is 13.1. The normalized spacial score (nSPS) is 22.9. The zero-order valence-corrected chi connectivity index (χ0v) is 11.2. The molecule has 0 unspecified atom stereocenters. The third-order valence-electron chi connectivity index (χ3n) is 4.00. The molecule has 2 N–H and O–H groups in total. The van der Waals surface area contributed by atoms with Gasteiger partial charge in [-0.05, 0) is 18.4 Å². The largest absolute Gasteiger partial charge is 0.348 e. The molecule has 4 heteroatoms. The second kappa shape index (κ2) is 6.01. The molecule has 1 aromatic carbocycles. The summed E-state index contributed by atoms with van der Waals surface area (Å²) in [6.45, 7) is 2.37. The number of hydrogen-bond acceptors (Lipinski definition) is 4. The van der Waals surface area contributed by atoms with Gasteiger partial charge in [-0.2, -0.15) is 0 Å². The Bertz CT molecular complexity index is 380. The van der Waals surface area contributed by atoms with Crippen molar-refractivity contribution in [2.45, 2.75) is 44.1 Å². The molecule has 3 rings (SSSR count). The van der Waals surface area contributed by atoms with E-state index in [0.29, 0.717) is 6.04 Å². The predicted molar refractivity (Wildman–Crippen MR) is 73.3 cm³/mol. The maximum atomic E-state index is 5.73. The van der Waals surface area contributed by atoms with Crippen molar-refractivity contribution >= 4 is 0 Å². The highest BCUT2D eigenvalue weighted by atomic mass is 16.7. The number of nitrogens with one attached hydrogen (secondary N) is 2. The Labute approximate surface area is 114 Å². The van der Waals surface area contributed by atoms with Gasteiger partial charge in [-0.1, -0.05) is 30.3 Å². The molecule has 1 saturated carbocycles. The Morgan fingerprint density at radius 3 is 2.42 bits per heavy atom. The fourth-order valence-corrected chi connectivity index (χ4v) is 2.88. The van der Waals surface area contributed by atoms with E-state index in [-0.39, 0.29) is 5.79 Å². The SMILES string of the molecule is c1ccc(CNNC2CCC3(CC2)OCCO3)cc1. The van der Waals surface area contributed by atoms with Crippen LogP contribution in [0.15, 0.2) is 30.3 Å². The van der Waals surface area contributed by atoms with Gasteiger partial charge >= 0.3 is 0 Å². The molecule has 1 spiro atoms. The van der Waals surface area contributed by atoms with Crippen molar-refractivity contribution in [3.63, 3.8) is 0 Å². The first-order valence-electron chi connectivity index (χ1n) is 7.17. The lowest BCUT2D eigenvalue weighted by atomic mass is 9.90. The summed E-state index contributed by atoms with van der Waals surface area (Å²) in [6.07, 6.45) is 4.19. The molecular weight excluding hydrogens is 240 g/mol. The molecular formula is C15H22N2O2. The first-order chi connectivity index (χ1) is 9.36. The van der Waals surface area contributed by atoms with E-state index in [1.807, 2.05) is 6.07 Å². The monoisotopic (exact) mass is 262 g/mol. The van der Waals surface area contributed by atoms with Crippen LogP contribution in [0.3, 0.4) is 0 Å². The second-order valence-corrected chi connectivity index (χ2v) is 5.37. The van der Waals surface area contributed by atoms with Crippen molar-refractivity contribution in [3.05, 3.63) is 35.9 Å². The van der Waals surface area contributed by atoms with E-state index in [9.17, 15) is 0 Å². The minimum Gasteiger partial charge on any atom is -0.348 e. The van der Waals surface area contributed by atoms with Gasteiger partial charge in [-0.3, -0.25) is 10.9 Å². The molecule has 1 heterocycles. The van der Waals surface area contributed by atoms with Gasteiger partial charge in [0.05, 0.1) is 13.2 Å². The molecule has 0 atom stereocenters. The predicted octanol–water partition coefficient (Wildman–Crippen LogP) is 1.97. The lowest BCUT2D eigenvalue weighted by molar-refractivity contribution is -0.179. The number of hydrazine groups is 1. The van der Waals surface area contributed by atoms with Gasteiger partial charge in [0, 0.05) is 25.4 Å². The Morgan fingerprint density at radius 1 is 1.05 bits per heavy atom. The Hall–Kier alpha value is -0.940. The zero-order valence-electron chi connectivity index (χ0n) is 11.2. The quantitative estimate of drug-likeness (QED) is 0.814. The summed E-state index contributed by atoms with van der Waals surface area (Å²) in [5.74, 6) is -0.252. The van der Waals surface area contributed by atoms with Crippen LogP contribution in [0.2, 0.25) is 0 Å². The van der Waals surface area contributed by atoms with E-state index < -0.39 is 0 Å². The van der Waals surface area contributed by atoms with Crippen LogP contribution in [0, 0.1) is 0 Å². The molecule has 0 radical (unpaired) electrons. The topological polar surface area (TPSA) is 42.5 Å². The lowest BCUT2D eigenvalue weighted by Gasteiger charge is -2.35. The summed E-state index contributed by atoms with van der Waals surface area (Å²) < 4.78 is 11.5. The standard InChI is InChI=1S/C15H22N2O2/c1-2-4-13(5-3-1)12-16-17-14-6-8-15(9-7-14)18-10-11-19-15/h1-5,14,16-17H,6-12H2. The molecule has 1 aliphatic carbocycles. The summed E-state index contributed by atoms with van der Waals surface area (Å²) in [4.78, 5) is 0. The Kier molecular flexibility index (Phi) is 4.13. The molecule has 2 fully saturated rings. The van der Waals surface area contributed by atoms with E-state index in [1.54, 1.807) is 0 Å². The highest BCUT2D eigenvalue weighted by Gasteiger charge is 2.40. The summed E-state index contributed by atoms with van der Waals surface area (Å²) in [7, 11) is 0. The van der Waals surface area contributed by atoms with Crippen LogP contribution in [0.1, 0.15) is 31.2 Å². The van der Waals surface area contributed by atoms with Gasteiger partial charge in [-0.25, -0.2) is 0 Å². The summed E-state index contributed by atoms with van der Waals surface area (Å²) in [6, 6.07) is 10.9. The van der Waals surface area contributed by atoms with Crippen molar-refractivity contribution in [2.75, 3.05) is 13.2 Å². The van der Waals surface area contributed by atoms with Crippen LogP contribution in [-0.4, -0.2) is 25.0 Å². The van der Waals surface area contributed by atoms with E-state index in [0.717, 1.165) is 45.4 Å². The Balaban J connectivity index is 1.38. The van der Waals surface area contributed by atoms with Gasteiger partial charge in [0.15, 0.2) is 5.79 Å². The van der Waals surface area contributed by atoms with Crippen LogP contribution < -0.4 is 10.9 Å². The van der Waals surface area contributed by atoms with Crippen LogP contribution in [0.25, 0.3) is 0 Å². The second-order valence-electron chi connectivity index (χ2n) is 5.37. The highest BCUT2D eigenvalue weighted by molar-refractivity contribution is 5.14. The number of ether oxygens (including phenoxy) is 2. The maximum Gasteiger partial charge on any atom is 0.168 e. The summed E-state index contributed by atoms with van der Waals surface area (Å²) in [5.41, 5.74) is 8.03. The molecule has 1 aliphatic heterocycles. The van der Waals surface area contributed by atoms with E-state index >= 15 is 0 Å². The molecule has 0 aromatic heterocycles. The fraction of sp³-hybridized carbons (Fsp3) is 0.600. The number of benzene rings is 1. The Morgan fingerprint density at radius 2 is 1.74 bits per heavy atom. The van der Waals surface area contributed by atoms with E-state index in [2.05, 4.69) is 35.1 Å². The lowest BCUT2D eigenvalue weighted by Crippen LogP contribution is -2.46. The third kappa shape index (κ3) is 3.34. The smallest absolute Gasteiger partial charge is 0.168 e. The van der Waals surface area contributed by atoms with Gasteiger partial charge in [0.1, 0.15) is 0 Å². The minimum atomic E-state index is -0.252. The van der Waals surface area contributed by atoms with Crippen molar-refractivity contribution in [2.24, 2.45) is 0 Å². The fourth-order valence-electron chi connectivity index (χ4n) is 2.88. The minimum absolute atomic E-state index is 0.252. The van der Waals surface area contributed by atoms with Crippen LogP contribution in [0.5, 0.6) is 0 Å². The molecule has 19 heavy (non-hydrogen) atoms. The zero-order chi connectivity index (χ0) is 13.0. The highest BCUT2D eigenvalue weighted by Crippen LogP contribution is 2.35. The van der Waals surface area contributed by atoms with E-state index in [1.165, 1.54) is 5.56 Å². The average Bonchev–Trinajstić information content (AvgIpc) is 2.91. The van der Waals surface area contributed by atoms with Crippen molar-refractivity contribution in [1.29, 1.82) is 0 Å². The number of rotatable bonds is 4. The van der Waals surface area contributed by atoms with Crippen LogP contribution in [0.4, 0.5) is 0 Å². The molecule has 0 bridgehead atoms.